The van der Waals surface area contributed by atoms with Gasteiger partial charge >= 0.3 is 5.97 Å². The van der Waals surface area contributed by atoms with Crippen LogP contribution in [-0.4, -0.2) is 18.2 Å². The Morgan fingerprint density at radius 2 is 2.27 bits per heavy atom. The Bertz CT molecular complexity index is 350. The number of phenolic OH excluding ortho intramolecular Hbond substituents is 1. The number of rotatable bonds is 4. The van der Waals surface area contributed by atoms with E-state index in [1.807, 2.05) is 12.1 Å². The molecule has 15 heavy (non-hydrogen) atoms. The summed E-state index contributed by atoms with van der Waals surface area (Å²) in [5.41, 5.74) is 0.841. The number of carbonyl (C=O) groups is 1. The summed E-state index contributed by atoms with van der Waals surface area (Å²) in [4.78, 5) is 10.9. The van der Waals surface area contributed by atoms with E-state index in [1.54, 1.807) is 6.07 Å². The zero-order chi connectivity index (χ0) is 11.3. The second kappa shape index (κ2) is 5.75. The van der Waals surface area contributed by atoms with Crippen molar-refractivity contribution in [2.45, 2.75) is 19.3 Å². The molecule has 0 amide bonds. The Morgan fingerprint density at radius 3 is 2.93 bits per heavy atom. The van der Waals surface area contributed by atoms with Crippen molar-refractivity contribution in [3.05, 3.63) is 28.2 Å². The quantitative estimate of drug-likeness (QED) is 0.858. The van der Waals surface area contributed by atoms with Gasteiger partial charge in [-0.15, -0.1) is 0 Å². The Kier molecular flexibility index (Phi) is 4.62. The van der Waals surface area contributed by atoms with Gasteiger partial charge in [-0.1, -0.05) is 12.1 Å². The van der Waals surface area contributed by atoms with Crippen molar-refractivity contribution in [3.8, 4) is 5.75 Å². The molecule has 0 fully saturated rings. The van der Waals surface area contributed by atoms with Gasteiger partial charge in [0.25, 0.3) is 0 Å². The highest BCUT2D eigenvalue weighted by molar-refractivity contribution is 9.10. The fraction of sp³-hybridized carbons (Fsp3) is 0.364. The standard InChI is InChI=1S/C11H13BrO3/c1-15-10(13)7-3-5-8-4-2-6-9(12)11(8)14/h2,4,6,14H,3,5,7H2,1H3. The van der Waals surface area contributed by atoms with Gasteiger partial charge < -0.3 is 9.84 Å². The molecule has 4 heteroatoms. The SMILES string of the molecule is COC(=O)CCCc1cccc(Br)c1O. The molecular weight excluding hydrogens is 260 g/mol. The zero-order valence-electron chi connectivity index (χ0n) is 8.50. The molecule has 0 bridgehead atoms. The molecule has 0 heterocycles. The molecule has 0 unspecified atom stereocenters. The number of aryl methyl sites for hydroxylation is 1. The van der Waals surface area contributed by atoms with Gasteiger partial charge in [0.15, 0.2) is 0 Å². The van der Waals surface area contributed by atoms with Crippen LogP contribution in [0.15, 0.2) is 22.7 Å². The first-order valence-corrected chi connectivity index (χ1v) is 5.47. The van der Waals surface area contributed by atoms with E-state index in [1.165, 1.54) is 7.11 Å². The number of esters is 1. The molecule has 82 valence electrons. The van der Waals surface area contributed by atoms with E-state index in [4.69, 9.17) is 0 Å². The summed E-state index contributed by atoms with van der Waals surface area (Å²) in [6.07, 6.45) is 1.72. The third-order valence-corrected chi connectivity index (χ3v) is 2.76. The summed E-state index contributed by atoms with van der Waals surface area (Å²) in [6.45, 7) is 0. The minimum absolute atomic E-state index is 0.218. The summed E-state index contributed by atoms with van der Waals surface area (Å²) in [6, 6.07) is 5.48. The normalized spacial score (nSPS) is 10.0. The molecule has 0 aromatic heterocycles. The molecule has 0 aliphatic rings. The fourth-order valence-electron chi connectivity index (χ4n) is 1.29. The van der Waals surface area contributed by atoms with Crippen molar-refractivity contribution < 1.29 is 14.6 Å². The van der Waals surface area contributed by atoms with Crippen LogP contribution in [0.4, 0.5) is 0 Å². The van der Waals surface area contributed by atoms with Crippen LogP contribution in [-0.2, 0) is 16.0 Å². The van der Waals surface area contributed by atoms with E-state index in [0.717, 1.165) is 5.56 Å². The summed E-state index contributed by atoms with van der Waals surface area (Å²) in [5, 5.41) is 9.66. The predicted octanol–water partition coefficient (Wildman–Crippen LogP) is 2.65. The Labute approximate surface area is 97.2 Å². The second-order valence-corrected chi connectivity index (χ2v) is 4.03. The van der Waals surface area contributed by atoms with Crippen molar-refractivity contribution in [1.29, 1.82) is 0 Å². The third kappa shape index (κ3) is 3.55. The van der Waals surface area contributed by atoms with Gasteiger partial charge in [0, 0.05) is 6.42 Å². The van der Waals surface area contributed by atoms with E-state index < -0.39 is 0 Å². The molecule has 0 atom stereocenters. The van der Waals surface area contributed by atoms with Gasteiger partial charge in [-0.2, -0.15) is 0 Å². The molecule has 0 aliphatic heterocycles. The molecular formula is C11H13BrO3. The van der Waals surface area contributed by atoms with E-state index in [2.05, 4.69) is 20.7 Å². The lowest BCUT2D eigenvalue weighted by molar-refractivity contribution is -0.140. The number of ether oxygens (including phenoxy) is 1. The Balaban J connectivity index is 2.51. The Hall–Kier alpha value is -1.03. The van der Waals surface area contributed by atoms with Gasteiger partial charge in [-0.05, 0) is 40.4 Å². The van der Waals surface area contributed by atoms with E-state index in [0.29, 0.717) is 23.7 Å². The van der Waals surface area contributed by atoms with E-state index in [-0.39, 0.29) is 11.7 Å². The smallest absolute Gasteiger partial charge is 0.305 e. The largest absolute Gasteiger partial charge is 0.506 e. The van der Waals surface area contributed by atoms with Gasteiger partial charge in [-0.3, -0.25) is 4.79 Å². The summed E-state index contributed by atoms with van der Waals surface area (Å²) in [5.74, 6) is 0.0341. The van der Waals surface area contributed by atoms with Crippen LogP contribution in [0.5, 0.6) is 5.75 Å². The number of benzene rings is 1. The van der Waals surface area contributed by atoms with Crippen LogP contribution < -0.4 is 0 Å². The number of hydrogen-bond donors (Lipinski definition) is 1. The van der Waals surface area contributed by atoms with E-state index >= 15 is 0 Å². The third-order valence-electron chi connectivity index (χ3n) is 2.13. The van der Waals surface area contributed by atoms with Crippen LogP contribution >= 0.6 is 15.9 Å². The molecule has 0 saturated heterocycles. The highest BCUT2D eigenvalue weighted by Gasteiger charge is 2.06. The molecule has 1 aromatic rings. The molecule has 3 nitrogen and oxygen atoms in total. The number of aromatic hydroxyl groups is 1. The lowest BCUT2D eigenvalue weighted by atomic mass is 10.1. The number of carbonyl (C=O) groups excluding carboxylic acids is 1. The Morgan fingerprint density at radius 1 is 1.53 bits per heavy atom. The van der Waals surface area contributed by atoms with Gasteiger partial charge in [-0.25, -0.2) is 0 Å². The maximum absolute atomic E-state index is 10.9. The van der Waals surface area contributed by atoms with Crippen LogP contribution in [0.25, 0.3) is 0 Å². The predicted molar refractivity (Wildman–Crippen MR) is 60.8 cm³/mol. The van der Waals surface area contributed by atoms with Gasteiger partial charge in [0.05, 0.1) is 11.6 Å². The molecule has 1 rings (SSSR count). The summed E-state index contributed by atoms with van der Waals surface area (Å²) in [7, 11) is 1.37. The minimum Gasteiger partial charge on any atom is -0.506 e. The number of para-hydroxylation sites is 1. The van der Waals surface area contributed by atoms with Gasteiger partial charge in [0.1, 0.15) is 5.75 Å². The first kappa shape index (κ1) is 12.0. The van der Waals surface area contributed by atoms with Crippen LogP contribution in [0.3, 0.4) is 0 Å². The van der Waals surface area contributed by atoms with E-state index in [9.17, 15) is 9.90 Å². The molecule has 0 spiro atoms. The monoisotopic (exact) mass is 272 g/mol. The number of phenols is 1. The van der Waals surface area contributed by atoms with Crippen molar-refractivity contribution >= 4 is 21.9 Å². The average Bonchev–Trinajstić information content (AvgIpc) is 2.24. The maximum atomic E-state index is 10.9. The number of methoxy groups -OCH3 is 1. The second-order valence-electron chi connectivity index (χ2n) is 3.18. The van der Waals surface area contributed by atoms with Crippen LogP contribution in [0, 0.1) is 0 Å². The highest BCUT2D eigenvalue weighted by Crippen LogP contribution is 2.28. The van der Waals surface area contributed by atoms with Crippen LogP contribution in [0.1, 0.15) is 18.4 Å². The minimum atomic E-state index is -0.218. The van der Waals surface area contributed by atoms with Crippen molar-refractivity contribution in [3.63, 3.8) is 0 Å². The first-order valence-electron chi connectivity index (χ1n) is 4.68. The van der Waals surface area contributed by atoms with Crippen molar-refractivity contribution in [2.24, 2.45) is 0 Å². The van der Waals surface area contributed by atoms with Crippen molar-refractivity contribution in [1.82, 2.24) is 0 Å². The maximum Gasteiger partial charge on any atom is 0.305 e. The molecule has 1 aromatic carbocycles. The number of halogens is 1. The fourth-order valence-corrected chi connectivity index (χ4v) is 1.69. The summed E-state index contributed by atoms with van der Waals surface area (Å²) < 4.78 is 5.21. The average molecular weight is 273 g/mol. The topological polar surface area (TPSA) is 46.5 Å². The molecule has 0 radical (unpaired) electrons. The lowest BCUT2D eigenvalue weighted by Gasteiger charge is -2.05. The van der Waals surface area contributed by atoms with Crippen molar-refractivity contribution in [2.75, 3.05) is 7.11 Å². The number of hydrogen-bond acceptors (Lipinski definition) is 3. The first-order chi connectivity index (χ1) is 7.15. The lowest BCUT2D eigenvalue weighted by Crippen LogP contribution is -2.00. The summed E-state index contributed by atoms with van der Waals surface area (Å²) >= 11 is 3.24. The van der Waals surface area contributed by atoms with Crippen LogP contribution in [0.2, 0.25) is 0 Å². The molecule has 0 saturated carbocycles. The van der Waals surface area contributed by atoms with Gasteiger partial charge in [0.2, 0.25) is 0 Å². The zero-order valence-corrected chi connectivity index (χ0v) is 10.1. The molecule has 0 aliphatic carbocycles. The molecule has 1 N–H and O–H groups in total. The highest BCUT2D eigenvalue weighted by atomic mass is 79.9.